The van der Waals surface area contributed by atoms with Gasteiger partial charge in [0, 0.05) is 25.1 Å². The molecule has 0 aromatic heterocycles. The summed E-state index contributed by atoms with van der Waals surface area (Å²) in [6, 6.07) is 3.93. The SMILES string of the molecule is CC(C)CC(=O)Nc1ccc(C(=O)NCCN)cc1F. The summed E-state index contributed by atoms with van der Waals surface area (Å²) in [5.74, 6) is -1.09. The van der Waals surface area contributed by atoms with E-state index in [1.807, 2.05) is 13.8 Å². The van der Waals surface area contributed by atoms with Gasteiger partial charge in [-0.15, -0.1) is 0 Å². The highest BCUT2D eigenvalue weighted by molar-refractivity contribution is 5.96. The fourth-order valence-electron chi connectivity index (χ4n) is 1.62. The number of amides is 2. The molecule has 0 saturated heterocycles. The third kappa shape index (κ3) is 4.97. The third-order valence-corrected chi connectivity index (χ3v) is 2.53. The first-order valence-electron chi connectivity index (χ1n) is 6.51. The summed E-state index contributed by atoms with van der Waals surface area (Å²) in [6.07, 6.45) is 0.318. The number of benzene rings is 1. The Morgan fingerprint density at radius 3 is 2.60 bits per heavy atom. The van der Waals surface area contributed by atoms with Crippen LogP contribution >= 0.6 is 0 Å². The number of nitrogens with one attached hydrogen (secondary N) is 2. The molecule has 5 nitrogen and oxygen atoms in total. The van der Waals surface area contributed by atoms with E-state index < -0.39 is 11.7 Å². The van der Waals surface area contributed by atoms with Crippen molar-refractivity contribution in [3.8, 4) is 0 Å². The number of halogens is 1. The number of hydrogen-bond acceptors (Lipinski definition) is 3. The molecule has 1 rings (SSSR count). The van der Waals surface area contributed by atoms with Gasteiger partial charge in [0.1, 0.15) is 5.82 Å². The summed E-state index contributed by atoms with van der Waals surface area (Å²) >= 11 is 0. The molecule has 6 heteroatoms. The van der Waals surface area contributed by atoms with Gasteiger partial charge in [0.15, 0.2) is 0 Å². The summed E-state index contributed by atoms with van der Waals surface area (Å²) in [7, 11) is 0. The van der Waals surface area contributed by atoms with E-state index in [0.717, 1.165) is 6.07 Å². The lowest BCUT2D eigenvalue weighted by Crippen LogP contribution is -2.29. The number of hydrogen-bond donors (Lipinski definition) is 3. The normalized spacial score (nSPS) is 10.4. The predicted octanol–water partition coefficient (Wildman–Crippen LogP) is 1.50. The maximum absolute atomic E-state index is 13.8. The molecule has 1 aromatic carbocycles. The van der Waals surface area contributed by atoms with E-state index in [9.17, 15) is 14.0 Å². The van der Waals surface area contributed by atoms with Gasteiger partial charge in [-0.3, -0.25) is 9.59 Å². The summed E-state index contributed by atoms with van der Waals surface area (Å²) in [5, 5.41) is 5.03. The van der Waals surface area contributed by atoms with Crippen LogP contribution in [0.1, 0.15) is 30.6 Å². The van der Waals surface area contributed by atoms with Gasteiger partial charge in [-0.1, -0.05) is 13.8 Å². The second-order valence-electron chi connectivity index (χ2n) is 4.89. The van der Waals surface area contributed by atoms with Crippen LogP contribution in [0.25, 0.3) is 0 Å². The second kappa shape index (κ2) is 7.59. The van der Waals surface area contributed by atoms with Gasteiger partial charge < -0.3 is 16.4 Å². The van der Waals surface area contributed by atoms with E-state index in [2.05, 4.69) is 10.6 Å². The second-order valence-corrected chi connectivity index (χ2v) is 4.89. The van der Waals surface area contributed by atoms with Crippen molar-refractivity contribution in [1.29, 1.82) is 0 Å². The zero-order chi connectivity index (χ0) is 15.1. The van der Waals surface area contributed by atoms with Gasteiger partial charge >= 0.3 is 0 Å². The number of carbonyl (C=O) groups is 2. The third-order valence-electron chi connectivity index (χ3n) is 2.53. The average Bonchev–Trinajstić information content (AvgIpc) is 2.37. The Kier molecular flexibility index (Phi) is 6.11. The van der Waals surface area contributed by atoms with E-state index in [0.29, 0.717) is 19.5 Å². The Balaban J connectivity index is 2.73. The molecule has 20 heavy (non-hydrogen) atoms. The van der Waals surface area contributed by atoms with Crippen molar-refractivity contribution >= 4 is 17.5 Å². The Hall–Kier alpha value is -1.95. The van der Waals surface area contributed by atoms with Crippen molar-refractivity contribution in [2.24, 2.45) is 11.7 Å². The first-order valence-corrected chi connectivity index (χ1v) is 6.51. The molecule has 0 spiro atoms. The summed E-state index contributed by atoms with van der Waals surface area (Å²) in [5.41, 5.74) is 5.53. The molecule has 0 bridgehead atoms. The molecule has 0 aliphatic rings. The molecule has 1 aromatic rings. The average molecular weight is 281 g/mol. The lowest BCUT2D eigenvalue weighted by Gasteiger charge is -2.09. The first kappa shape index (κ1) is 16.1. The van der Waals surface area contributed by atoms with Crippen molar-refractivity contribution in [2.75, 3.05) is 18.4 Å². The highest BCUT2D eigenvalue weighted by Crippen LogP contribution is 2.16. The molecule has 0 aliphatic heterocycles. The summed E-state index contributed by atoms with van der Waals surface area (Å²) < 4.78 is 13.8. The number of nitrogens with two attached hydrogens (primary N) is 1. The van der Waals surface area contributed by atoms with Crippen LogP contribution in [0.4, 0.5) is 10.1 Å². The molecular formula is C14H20FN3O2. The molecule has 2 amide bonds. The van der Waals surface area contributed by atoms with Gasteiger partial charge in [-0.05, 0) is 24.1 Å². The summed E-state index contributed by atoms with van der Waals surface area (Å²) in [6.45, 7) is 4.45. The predicted molar refractivity (Wildman–Crippen MR) is 75.9 cm³/mol. The van der Waals surface area contributed by atoms with Crippen molar-refractivity contribution in [1.82, 2.24) is 5.32 Å². The molecule has 0 unspecified atom stereocenters. The molecule has 0 heterocycles. The fraction of sp³-hybridized carbons (Fsp3) is 0.429. The summed E-state index contributed by atoms with van der Waals surface area (Å²) in [4.78, 5) is 23.2. The maximum atomic E-state index is 13.8. The zero-order valence-electron chi connectivity index (χ0n) is 11.7. The highest BCUT2D eigenvalue weighted by atomic mass is 19.1. The van der Waals surface area contributed by atoms with Crippen molar-refractivity contribution < 1.29 is 14.0 Å². The molecule has 110 valence electrons. The minimum absolute atomic E-state index is 0.0750. The maximum Gasteiger partial charge on any atom is 0.251 e. The van der Waals surface area contributed by atoms with Crippen LogP contribution in [-0.2, 0) is 4.79 Å². The van der Waals surface area contributed by atoms with Gasteiger partial charge in [0.05, 0.1) is 5.69 Å². The van der Waals surface area contributed by atoms with Crippen LogP contribution < -0.4 is 16.4 Å². The van der Waals surface area contributed by atoms with Crippen molar-refractivity contribution in [3.63, 3.8) is 0 Å². The van der Waals surface area contributed by atoms with Crippen LogP contribution in [0.15, 0.2) is 18.2 Å². The minimum atomic E-state index is -0.637. The first-order chi connectivity index (χ1) is 9.43. The van der Waals surface area contributed by atoms with E-state index in [-0.39, 0.29) is 23.1 Å². The van der Waals surface area contributed by atoms with Crippen molar-refractivity contribution in [2.45, 2.75) is 20.3 Å². The van der Waals surface area contributed by atoms with Crippen LogP contribution in [0, 0.1) is 11.7 Å². The minimum Gasteiger partial charge on any atom is -0.351 e. The number of carbonyl (C=O) groups excluding carboxylic acids is 2. The van der Waals surface area contributed by atoms with Gasteiger partial charge in [-0.2, -0.15) is 0 Å². The van der Waals surface area contributed by atoms with Crippen molar-refractivity contribution in [3.05, 3.63) is 29.6 Å². The Bertz CT molecular complexity index is 489. The lowest BCUT2D eigenvalue weighted by molar-refractivity contribution is -0.116. The van der Waals surface area contributed by atoms with Gasteiger partial charge in [0.2, 0.25) is 5.91 Å². The zero-order valence-corrected chi connectivity index (χ0v) is 11.7. The quantitative estimate of drug-likeness (QED) is 0.738. The number of anilines is 1. The van der Waals surface area contributed by atoms with Gasteiger partial charge in [0.25, 0.3) is 5.91 Å². The van der Waals surface area contributed by atoms with E-state index >= 15 is 0 Å². The van der Waals surface area contributed by atoms with Crippen LogP contribution in [0.3, 0.4) is 0 Å². The monoisotopic (exact) mass is 281 g/mol. The molecule has 0 radical (unpaired) electrons. The smallest absolute Gasteiger partial charge is 0.251 e. The van der Waals surface area contributed by atoms with E-state index in [1.165, 1.54) is 12.1 Å². The molecule has 4 N–H and O–H groups in total. The topological polar surface area (TPSA) is 84.2 Å². The Morgan fingerprint density at radius 2 is 2.05 bits per heavy atom. The van der Waals surface area contributed by atoms with E-state index in [4.69, 9.17) is 5.73 Å². The largest absolute Gasteiger partial charge is 0.351 e. The van der Waals surface area contributed by atoms with Crippen LogP contribution in [0.5, 0.6) is 0 Å². The lowest BCUT2D eigenvalue weighted by atomic mass is 10.1. The van der Waals surface area contributed by atoms with Crippen LogP contribution in [0.2, 0.25) is 0 Å². The molecule has 0 fully saturated rings. The molecule has 0 saturated carbocycles. The van der Waals surface area contributed by atoms with E-state index in [1.54, 1.807) is 0 Å². The Morgan fingerprint density at radius 1 is 1.35 bits per heavy atom. The number of rotatable bonds is 6. The standard InChI is InChI=1S/C14H20FN3O2/c1-9(2)7-13(19)18-12-4-3-10(8-11(12)15)14(20)17-6-5-16/h3-4,8-9H,5-7,16H2,1-2H3,(H,17,20)(H,18,19). The highest BCUT2D eigenvalue weighted by Gasteiger charge is 2.12. The molecular weight excluding hydrogens is 261 g/mol. The van der Waals surface area contributed by atoms with Gasteiger partial charge in [-0.25, -0.2) is 4.39 Å². The molecule has 0 atom stereocenters. The molecule has 0 aliphatic carbocycles. The van der Waals surface area contributed by atoms with Crippen LogP contribution in [-0.4, -0.2) is 24.9 Å². The fourth-order valence-corrected chi connectivity index (χ4v) is 1.62. The Labute approximate surface area is 117 Å².